The highest BCUT2D eigenvalue weighted by atomic mass is 19.2. The summed E-state index contributed by atoms with van der Waals surface area (Å²) < 4.78 is 26.1. The number of hydrogen-bond acceptors (Lipinski definition) is 2. The van der Waals surface area contributed by atoms with Crippen molar-refractivity contribution < 1.29 is 13.6 Å². The lowest BCUT2D eigenvalue weighted by Gasteiger charge is -2.07. The molecule has 0 saturated carbocycles. The Morgan fingerprint density at radius 2 is 2.06 bits per heavy atom. The standard InChI is InChI=1S/C12H15F2NO/c1-8(2)15-7-10(16)6-9-4-3-5-11(13)12(9)14/h3-5,8,15H,6-7H2,1-2H3. The van der Waals surface area contributed by atoms with Gasteiger partial charge in [-0.05, 0) is 11.6 Å². The van der Waals surface area contributed by atoms with E-state index in [1.54, 1.807) is 0 Å². The summed E-state index contributed by atoms with van der Waals surface area (Å²) in [5.74, 6) is -2.00. The highest BCUT2D eigenvalue weighted by Gasteiger charge is 2.11. The average molecular weight is 227 g/mol. The summed E-state index contributed by atoms with van der Waals surface area (Å²) in [5.41, 5.74) is 0.107. The van der Waals surface area contributed by atoms with E-state index < -0.39 is 11.6 Å². The van der Waals surface area contributed by atoms with Gasteiger partial charge in [-0.15, -0.1) is 0 Å². The first kappa shape index (κ1) is 12.8. The van der Waals surface area contributed by atoms with E-state index in [1.165, 1.54) is 12.1 Å². The second-order valence-corrected chi connectivity index (χ2v) is 3.96. The van der Waals surface area contributed by atoms with Gasteiger partial charge in [-0.3, -0.25) is 4.79 Å². The number of carbonyl (C=O) groups is 1. The number of halogens is 2. The number of rotatable bonds is 5. The summed E-state index contributed by atoms with van der Waals surface area (Å²) in [6.07, 6.45) is -0.0800. The van der Waals surface area contributed by atoms with Crippen molar-refractivity contribution in [2.75, 3.05) is 6.54 Å². The molecular formula is C12H15F2NO. The zero-order chi connectivity index (χ0) is 12.1. The van der Waals surface area contributed by atoms with Gasteiger partial charge in [0.2, 0.25) is 0 Å². The van der Waals surface area contributed by atoms with Crippen LogP contribution >= 0.6 is 0 Å². The molecule has 16 heavy (non-hydrogen) atoms. The molecule has 0 bridgehead atoms. The molecule has 0 atom stereocenters. The van der Waals surface area contributed by atoms with Crippen LogP contribution in [0.1, 0.15) is 19.4 Å². The molecule has 1 aromatic carbocycles. The fraction of sp³-hybridized carbons (Fsp3) is 0.417. The molecule has 0 aliphatic rings. The summed E-state index contributed by atoms with van der Waals surface area (Å²) in [6.45, 7) is 4.00. The van der Waals surface area contributed by atoms with Crippen LogP contribution in [0.4, 0.5) is 8.78 Å². The molecule has 1 aromatic rings. The fourth-order valence-electron chi connectivity index (χ4n) is 1.28. The minimum Gasteiger partial charge on any atom is -0.308 e. The van der Waals surface area contributed by atoms with E-state index >= 15 is 0 Å². The van der Waals surface area contributed by atoms with Crippen molar-refractivity contribution in [2.45, 2.75) is 26.3 Å². The van der Waals surface area contributed by atoms with Gasteiger partial charge in [0.1, 0.15) is 0 Å². The average Bonchev–Trinajstić information content (AvgIpc) is 2.22. The van der Waals surface area contributed by atoms with Gasteiger partial charge in [0, 0.05) is 12.5 Å². The summed E-state index contributed by atoms with van der Waals surface area (Å²) in [7, 11) is 0. The van der Waals surface area contributed by atoms with Crippen LogP contribution in [0.3, 0.4) is 0 Å². The van der Waals surface area contributed by atoms with E-state index in [0.29, 0.717) is 0 Å². The highest BCUT2D eigenvalue weighted by molar-refractivity contribution is 5.82. The molecule has 0 fully saturated rings. The van der Waals surface area contributed by atoms with Gasteiger partial charge in [0.15, 0.2) is 17.4 Å². The maximum absolute atomic E-state index is 13.2. The number of Topliss-reactive ketones (excluding diaryl/α,β-unsaturated/α-hetero) is 1. The molecule has 0 saturated heterocycles. The first-order valence-electron chi connectivity index (χ1n) is 5.18. The summed E-state index contributed by atoms with van der Waals surface area (Å²) in [5, 5.41) is 2.93. The topological polar surface area (TPSA) is 29.1 Å². The van der Waals surface area contributed by atoms with E-state index in [9.17, 15) is 13.6 Å². The number of benzene rings is 1. The van der Waals surface area contributed by atoms with Gasteiger partial charge in [-0.25, -0.2) is 8.78 Å². The lowest BCUT2D eigenvalue weighted by atomic mass is 10.1. The van der Waals surface area contributed by atoms with Crippen LogP contribution < -0.4 is 5.32 Å². The SMILES string of the molecule is CC(C)NCC(=O)Cc1cccc(F)c1F. The molecule has 2 nitrogen and oxygen atoms in total. The molecular weight excluding hydrogens is 212 g/mol. The van der Waals surface area contributed by atoms with Crippen LogP contribution in [-0.2, 0) is 11.2 Å². The van der Waals surface area contributed by atoms with Crippen LogP contribution in [0.2, 0.25) is 0 Å². The monoisotopic (exact) mass is 227 g/mol. The summed E-state index contributed by atoms with van der Waals surface area (Å²) >= 11 is 0. The van der Waals surface area contributed by atoms with Crippen molar-refractivity contribution >= 4 is 5.78 Å². The molecule has 0 aliphatic carbocycles. The third-order valence-corrected chi connectivity index (χ3v) is 2.13. The zero-order valence-electron chi connectivity index (χ0n) is 9.39. The Morgan fingerprint density at radius 3 is 2.69 bits per heavy atom. The molecule has 88 valence electrons. The van der Waals surface area contributed by atoms with Gasteiger partial charge < -0.3 is 5.32 Å². The lowest BCUT2D eigenvalue weighted by Crippen LogP contribution is -2.30. The first-order chi connectivity index (χ1) is 7.50. The van der Waals surface area contributed by atoms with Crippen molar-refractivity contribution in [2.24, 2.45) is 0 Å². The molecule has 0 aliphatic heterocycles. The molecule has 0 spiro atoms. The number of ketones is 1. The van der Waals surface area contributed by atoms with Gasteiger partial charge in [0.05, 0.1) is 6.54 Å². The van der Waals surface area contributed by atoms with Gasteiger partial charge in [-0.2, -0.15) is 0 Å². The summed E-state index contributed by atoms with van der Waals surface area (Å²) in [6, 6.07) is 4.06. The van der Waals surface area contributed by atoms with Gasteiger partial charge in [0.25, 0.3) is 0 Å². The van der Waals surface area contributed by atoms with E-state index in [4.69, 9.17) is 0 Å². The summed E-state index contributed by atoms with van der Waals surface area (Å²) in [4.78, 5) is 11.4. The quantitative estimate of drug-likeness (QED) is 0.834. The number of carbonyl (C=O) groups excluding carboxylic acids is 1. The minimum absolute atomic E-state index is 0.0800. The maximum Gasteiger partial charge on any atom is 0.162 e. The van der Waals surface area contributed by atoms with Crippen molar-refractivity contribution in [1.29, 1.82) is 0 Å². The molecule has 0 aromatic heterocycles. The maximum atomic E-state index is 13.2. The van der Waals surface area contributed by atoms with Crippen molar-refractivity contribution in [1.82, 2.24) is 5.32 Å². The second-order valence-electron chi connectivity index (χ2n) is 3.96. The van der Waals surface area contributed by atoms with E-state index in [1.807, 2.05) is 13.8 Å². The third kappa shape index (κ3) is 3.70. The molecule has 0 unspecified atom stereocenters. The van der Waals surface area contributed by atoms with Crippen molar-refractivity contribution in [3.05, 3.63) is 35.4 Å². The minimum atomic E-state index is -0.930. The zero-order valence-corrected chi connectivity index (χ0v) is 9.39. The molecule has 0 amide bonds. The Balaban J connectivity index is 2.59. The Morgan fingerprint density at radius 1 is 1.38 bits per heavy atom. The first-order valence-corrected chi connectivity index (χ1v) is 5.18. The lowest BCUT2D eigenvalue weighted by molar-refractivity contribution is -0.117. The highest BCUT2D eigenvalue weighted by Crippen LogP contribution is 2.11. The molecule has 1 N–H and O–H groups in total. The predicted octanol–water partition coefficient (Wildman–Crippen LogP) is 2.07. The largest absolute Gasteiger partial charge is 0.308 e. The van der Waals surface area contributed by atoms with Crippen LogP contribution in [0, 0.1) is 11.6 Å². The van der Waals surface area contributed by atoms with E-state index in [2.05, 4.69) is 5.32 Å². The third-order valence-electron chi connectivity index (χ3n) is 2.13. The number of hydrogen-bond donors (Lipinski definition) is 1. The van der Waals surface area contributed by atoms with Crippen LogP contribution in [0.25, 0.3) is 0 Å². The molecule has 4 heteroatoms. The Labute approximate surface area is 93.7 Å². The molecule has 0 radical (unpaired) electrons. The van der Waals surface area contributed by atoms with Gasteiger partial charge >= 0.3 is 0 Å². The Hall–Kier alpha value is -1.29. The van der Waals surface area contributed by atoms with Crippen molar-refractivity contribution in [3.63, 3.8) is 0 Å². The Bertz CT molecular complexity index is 377. The van der Waals surface area contributed by atoms with E-state index in [0.717, 1.165) is 6.07 Å². The van der Waals surface area contributed by atoms with E-state index in [-0.39, 0.29) is 30.4 Å². The Kier molecular flexibility index (Phi) is 4.55. The van der Waals surface area contributed by atoms with Crippen LogP contribution in [-0.4, -0.2) is 18.4 Å². The van der Waals surface area contributed by atoms with Crippen molar-refractivity contribution in [3.8, 4) is 0 Å². The predicted molar refractivity (Wildman–Crippen MR) is 58.2 cm³/mol. The number of nitrogens with one attached hydrogen (secondary N) is 1. The van der Waals surface area contributed by atoms with Crippen LogP contribution in [0.5, 0.6) is 0 Å². The molecule has 0 heterocycles. The normalized spacial score (nSPS) is 10.8. The fourth-order valence-corrected chi connectivity index (χ4v) is 1.28. The smallest absolute Gasteiger partial charge is 0.162 e. The van der Waals surface area contributed by atoms with Crippen LogP contribution in [0.15, 0.2) is 18.2 Å². The molecule has 1 rings (SSSR count). The van der Waals surface area contributed by atoms with Gasteiger partial charge in [-0.1, -0.05) is 26.0 Å². The second kappa shape index (κ2) is 5.70.